The molecule has 0 aliphatic carbocycles. The molecule has 40 heavy (non-hydrogen) atoms. The molecule has 0 spiro atoms. The molecule has 2 fully saturated rings. The number of rotatable bonds is 6. The zero-order valence-electron chi connectivity index (χ0n) is 22.5. The third-order valence-corrected chi connectivity index (χ3v) is 8.83. The summed E-state index contributed by atoms with van der Waals surface area (Å²) in [6, 6.07) is 18.7. The number of anilines is 1. The maximum Gasteiger partial charge on any atom is 0.262 e. The quantitative estimate of drug-likeness (QED) is 0.266. The van der Waals surface area contributed by atoms with Crippen molar-refractivity contribution in [3.63, 3.8) is 0 Å². The highest BCUT2D eigenvalue weighted by Gasteiger charge is 2.41. The average molecular weight is 563 g/mol. The van der Waals surface area contributed by atoms with E-state index in [9.17, 15) is 25.4 Å². The van der Waals surface area contributed by atoms with E-state index in [0.29, 0.717) is 0 Å². The number of hydrogen-bond donors (Lipinski definition) is 4. The van der Waals surface area contributed by atoms with Crippen molar-refractivity contribution in [3.8, 4) is 16.5 Å². The topological polar surface area (TPSA) is 129 Å². The predicted molar refractivity (Wildman–Crippen MR) is 156 cm³/mol. The number of carbonyl (C=O) groups excluding carboxylic acids is 1. The van der Waals surface area contributed by atoms with Crippen LogP contribution < -0.4 is 10.2 Å². The van der Waals surface area contributed by atoms with Gasteiger partial charge in [-0.15, -0.1) is 11.3 Å². The number of fused-ring (bicyclic) bond motifs is 1. The van der Waals surface area contributed by atoms with Crippen LogP contribution in [-0.2, 0) is 9.53 Å². The molecule has 9 nitrogen and oxygen atoms in total. The normalized spacial score (nSPS) is 26.1. The van der Waals surface area contributed by atoms with E-state index in [-0.39, 0.29) is 12.1 Å². The van der Waals surface area contributed by atoms with Crippen molar-refractivity contribution in [1.82, 2.24) is 10.2 Å². The molecule has 210 valence electrons. The zero-order valence-corrected chi connectivity index (χ0v) is 23.3. The van der Waals surface area contributed by atoms with Gasteiger partial charge in [-0.2, -0.15) is 5.26 Å². The van der Waals surface area contributed by atoms with Gasteiger partial charge in [-0.1, -0.05) is 25.1 Å². The highest BCUT2D eigenvalue weighted by molar-refractivity contribution is 7.16. The van der Waals surface area contributed by atoms with E-state index >= 15 is 0 Å². The molecule has 3 aromatic rings. The van der Waals surface area contributed by atoms with Gasteiger partial charge in [0.25, 0.3) is 5.91 Å². The first-order chi connectivity index (χ1) is 19.2. The Hall–Kier alpha value is -3.30. The molecule has 2 aliphatic heterocycles. The number of benzene rings is 2. The van der Waals surface area contributed by atoms with Crippen LogP contribution in [0.2, 0.25) is 0 Å². The van der Waals surface area contributed by atoms with Gasteiger partial charge in [0, 0.05) is 54.1 Å². The first kappa shape index (κ1) is 28.2. The Balaban J connectivity index is 1.25. The van der Waals surface area contributed by atoms with Gasteiger partial charge in [0.15, 0.2) is 6.29 Å². The smallest absolute Gasteiger partial charge is 0.262 e. The molecule has 5 atom stereocenters. The number of piperazine rings is 1. The molecule has 2 saturated heterocycles. The third kappa shape index (κ3) is 6.05. The van der Waals surface area contributed by atoms with Gasteiger partial charge in [-0.25, -0.2) is 0 Å². The van der Waals surface area contributed by atoms with Gasteiger partial charge in [0.2, 0.25) is 0 Å². The molecule has 0 saturated carbocycles. The van der Waals surface area contributed by atoms with Crippen LogP contribution >= 0.6 is 11.3 Å². The van der Waals surface area contributed by atoms with Crippen molar-refractivity contribution < 1.29 is 24.9 Å². The lowest BCUT2D eigenvalue weighted by atomic mass is 9.92. The van der Waals surface area contributed by atoms with Crippen LogP contribution in [0, 0.1) is 17.2 Å². The second-order valence-corrected chi connectivity index (χ2v) is 11.6. The van der Waals surface area contributed by atoms with E-state index in [0.717, 1.165) is 46.9 Å². The van der Waals surface area contributed by atoms with Crippen LogP contribution in [0.4, 0.5) is 5.69 Å². The first-order valence-corrected chi connectivity index (χ1v) is 14.2. The molecule has 1 amide bonds. The molecule has 0 radical (unpaired) electrons. The molecule has 10 heteroatoms. The van der Waals surface area contributed by atoms with Crippen molar-refractivity contribution in [2.24, 2.45) is 5.92 Å². The van der Waals surface area contributed by atoms with Crippen LogP contribution in [0.3, 0.4) is 0 Å². The fraction of sp³-hybridized carbons (Fsp3) is 0.400. The Morgan fingerprint density at radius 1 is 1.07 bits per heavy atom. The molecule has 0 bridgehead atoms. The third-order valence-electron chi connectivity index (χ3n) is 7.75. The van der Waals surface area contributed by atoms with E-state index in [4.69, 9.17) is 4.74 Å². The SMILES string of the molecule is C[C@H]1C(O)O[C@H](CNC(=O)/C(C#N)=C/c2ccc(-c3ccc4cc(N5CCN(C)CC5)ccc4c3)s2)[C@@H](O)[C@@H]1O. The average Bonchev–Trinajstić information content (AvgIpc) is 3.44. The van der Waals surface area contributed by atoms with Gasteiger partial charge in [-0.3, -0.25) is 4.79 Å². The lowest BCUT2D eigenvalue weighted by Gasteiger charge is -2.39. The number of aliphatic hydroxyl groups is 3. The summed E-state index contributed by atoms with van der Waals surface area (Å²) in [5, 5.41) is 44.7. The largest absolute Gasteiger partial charge is 0.390 e. The highest BCUT2D eigenvalue weighted by Crippen LogP contribution is 2.33. The minimum atomic E-state index is -1.27. The summed E-state index contributed by atoms with van der Waals surface area (Å²) in [7, 11) is 2.15. The van der Waals surface area contributed by atoms with Gasteiger partial charge < -0.3 is 35.2 Å². The predicted octanol–water partition coefficient (Wildman–Crippen LogP) is 2.42. The van der Waals surface area contributed by atoms with Crippen molar-refractivity contribution >= 4 is 39.8 Å². The van der Waals surface area contributed by atoms with Crippen molar-refractivity contribution in [2.45, 2.75) is 31.5 Å². The Labute approximate surface area is 237 Å². The lowest BCUT2D eigenvalue weighted by Crippen LogP contribution is -2.56. The minimum Gasteiger partial charge on any atom is -0.390 e. The molecule has 1 unspecified atom stereocenters. The monoisotopic (exact) mass is 562 g/mol. The number of thiophene rings is 1. The second kappa shape index (κ2) is 12.1. The summed E-state index contributed by atoms with van der Waals surface area (Å²) >= 11 is 1.48. The Morgan fingerprint density at radius 3 is 2.55 bits per heavy atom. The van der Waals surface area contributed by atoms with Crippen LogP contribution in [0.15, 0.2) is 54.1 Å². The molecular formula is C30H34N4O5S. The van der Waals surface area contributed by atoms with Crippen LogP contribution in [-0.4, -0.2) is 90.5 Å². The van der Waals surface area contributed by atoms with E-state index < -0.39 is 36.4 Å². The zero-order chi connectivity index (χ0) is 28.4. The van der Waals surface area contributed by atoms with Gasteiger partial charge in [0.05, 0.1) is 6.10 Å². The number of ether oxygens (including phenoxy) is 1. The molecule has 1 aromatic heterocycles. The highest BCUT2D eigenvalue weighted by atomic mass is 32.1. The molecule has 3 heterocycles. The van der Waals surface area contributed by atoms with Crippen molar-refractivity contribution in [1.29, 1.82) is 5.26 Å². The van der Waals surface area contributed by atoms with E-state index in [1.165, 1.54) is 28.5 Å². The number of nitriles is 1. The van der Waals surface area contributed by atoms with Crippen LogP contribution in [0.1, 0.15) is 11.8 Å². The first-order valence-electron chi connectivity index (χ1n) is 13.4. The summed E-state index contributed by atoms with van der Waals surface area (Å²) in [4.78, 5) is 19.2. The molecule has 2 aliphatic rings. The minimum absolute atomic E-state index is 0.0943. The van der Waals surface area contributed by atoms with Crippen molar-refractivity contribution in [3.05, 3.63) is 59.0 Å². The van der Waals surface area contributed by atoms with Crippen LogP contribution in [0.5, 0.6) is 0 Å². The number of carbonyl (C=O) groups is 1. The molecular weight excluding hydrogens is 528 g/mol. The molecule has 5 rings (SSSR count). The Kier molecular flexibility index (Phi) is 8.51. The van der Waals surface area contributed by atoms with Gasteiger partial charge in [-0.05, 0) is 59.8 Å². The van der Waals surface area contributed by atoms with E-state index in [2.05, 4.69) is 58.6 Å². The second-order valence-electron chi connectivity index (χ2n) is 10.5. The number of amides is 1. The summed E-state index contributed by atoms with van der Waals surface area (Å²) in [6.45, 7) is 5.57. The molecule has 2 aromatic carbocycles. The maximum atomic E-state index is 12.7. The fourth-order valence-electron chi connectivity index (χ4n) is 5.06. The Bertz CT molecular complexity index is 1440. The summed E-state index contributed by atoms with van der Waals surface area (Å²) in [5.41, 5.74) is 2.20. The van der Waals surface area contributed by atoms with Gasteiger partial charge in [0.1, 0.15) is 23.9 Å². The summed E-state index contributed by atoms with van der Waals surface area (Å²) in [5.74, 6) is -1.29. The fourth-order valence-corrected chi connectivity index (χ4v) is 6.01. The van der Waals surface area contributed by atoms with Crippen molar-refractivity contribution in [2.75, 3.05) is 44.7 Å². The maximum absolute atomic E-state index is 12.7. The number of hydrogen-bond acceptors (Lipinski definition) is 9. The number of aliphatic hydroxyl groups excluding tert-OH is 3. The van der Waals surface area contributed by atoms with E-state index in [1.807, 2.05) is 18.2 Å². The molecule has 4 N–H and O–H groups in total. The standard InChI is InChI=1S/C30H34N4O5S/c1-18-27(35)28(36)25(39-30(18)38)17-32-29(37)22(16-31)15-24-7-8-26(40-24)21-4-3-20-14-23(6-5-19(20)13-21)34-11-9-33(2)10-12-34/h3-8,13-15,18,25,27-28,30,35-36,38H,9-12,17H2,1-2H3,(H,32,37)/b22-15+/t18-,25-,27-,28-,30?/m1/s1. The summed E-state index contributed by atoms with van der Waals surface area (Å²) in [6.07, 6.45) is -3.19. The van der Waals surface area contributed by atoms with Crippen LogP contribution in [0.25, 0.3) is 27.3 Å². The summed E-state index contributed by atoms with van der Waals surface area (Å²) < 4.78 is 5.31. The van der Waals surface area contributed by atoms with E-state index in [1.54, 1.807) is 6.92 Å². The van der Waals surface area contributed by atoms with Gasteiger partial charge >= 0.3 is 0 Å². The Morgan fingerprint density at radius 2 is 1.80 bits per heavy atom. The number of likely N-dealkylation sites (N-methyl/N-ethyl adjacent to an activating group) is 1. The number of nitrogens with zero attached hydrogens (tertiary/aromatic N) is 3. The lowest BCUT2D eigenvalue weighted by molar-refractivity contribution is -0.258. The number of nitrogens with one attached hydrogen (secondary N) is 1.